The highest BCUT2D eigenvalue weighted by atomic mass is 16.5. The molecule has 7 heteroatoms. The van der Waals surface area contributed by atoms with E-state index < -0.39 is 0 Å². The molecular formula is C20H20N4O3. The van der Waals surface area contributed by atoms with Gasteiger partial charge >= 0.3 is 0 Å². The lowest BCUT2D eigenvalue weighted by Crippen LogP contribution is -2.37. The van der Waals surface area contributed by atoms with Crippen molar-refractivity contribution >= 4 is 28.0 Å². The number of morpholine rings is 1. The Hall–Kier alpha value is -2.93. The second-order valence-electron chi connectivity index (χ2n) is 6.98. The standard InChI is InChI=1S/C20H20N4O3/c1-12-4-5-13(25)11-15(12)18-22-16-14-3-2-6-21-20(14)27-17(16)19(23-18)24-7-9-26-10-8-24/h2-6,11-12,15,25H,7-10H2,1H3. The zero-order chi connectivity index (χ0) is 18.4. The molecule has 2 aliphatic rings. The first-order valence-corrected chi connectivity index (χ1v) is 9.17. The van der Waals surface area contributed by atoms with Crippen molar-refractivity contribution in [3.8, 4) is 0 Å². The van der Waals surface area contributed by atoms with Crippen LogP contribution in [0.4, 0.5) is 5.82 Å². The Morgan fingerprint density at radius 1 is 1.22 bits per heavy atom. The molecule has 1 fully saturated rings. The Morgan fingerprint density at radius 2 is 2.07 bits per heavy atom. The van der Waals surface area contributed by atoms with Gasteiger partial charge < -0.3 is 19.2 Å². The van der Waals surface area contributed by atoms with Crippen molar-refractivity contribution in [1.82, 2.24) is 15.0 Å². The largest absolute Gasteiger partial charge is 0.508 e. The van der Waals surface area contributed by atoms with Crippen molar-refractivity contribution in [1.29, 1.82) is 0 Å². The fraction of sp³-hybridized carbons (Fsp3) is 0.350. The van der Waals surface area contributed by atoms with Crippen LogP contribution in [0.3, 0.4) is 0 Å². The molecule has 5 rings (SSSR count). The van der Waals surface area contributed by atoms with Crippen LogP contribution in [-0.2, 0) is 4.74 Å². The fourth-order valence-corrected chi connectivity index (χ4v) is 3.69. The molecule has 2 unspecified atom stereocenters. The molecule has 0 bridgehead atoms. The number of anilines is 1. The van der Waals surface area contributed by atoms with Crippen molar-refractivity contribution in [3.05, 3.63) is 48.1 Å². The monoisotopic (exact) mass is 364 g/mol. The Kier molecular flexibility index (Phi) is 3.82. The summed E-state index contributed by atoms with van der Waals surface area (Å²) in [7, 11) is 0. The minimum Gasteiger partial charge on any atom is -0.508 e. The molecule has 3 aromatic rings. The fourth-order valence-electron chi connectivity index (χ4n) is 3.69. The summed E-state index contributed by atoms with van der Waals surface area (Å²) in [4.78, 5) is 16.2. The van der Waals surface area contributed by atoms with Crippen molar-refractivity contribution in [3.63, 3.8) is 0 Å². The van der Waals surface area contributed by atoms with E-state index in [-0.39, 0.29) is 17.6 Å². The van der Waals surface area contributed by atoms with Crippen LogP contribution in [0, 0.1) is 5.92 Å². The highest BCUT2D eigenvalue weighted by Crippen LogP contribution is 2.36. The van der Waals surface area contributed by atoms with Crippen LogP contribution < -0.4 is 4.90 Å². The maximum Gasteiger partial charge on any atom is 0.229 e. The van der Waals surface area contributed by atoms with E-state index in [1.54, 1.807) is 12.3 Å². The van der Waals surface area contributed by atoms with E-state index in [2.05, 4.69) is 16.8 Å². The number of ether oxygens (including phenoxy) is 1. The van der Waals surface area contributed by atoms with Crippen LogP contribution >= 0.6 is 0 Å². The summed E-state index contributed by atoms with van der Waals surface area (Å²) in [5.74, 6) is 1.78. The summed E-state index contributed by atoms with van der Waals surface area (Å²) in [5.41, 5.74) is 1.98. The molecule has 0 radical (unpaired) electrons. The van der Waals surface area contributed by atoms with Crippen molar-refractivity contribution < 1.29 is 14.3 Å². The summed E-state index contributed by atoms with van der Waals surface area (Å²) in [5, 5.41) is 10.9. The molecule has 1 aliphatic carbocycles. The molecule has 0 saturated carbocycles. The number of rotatable bonds is 2. The number of fused-ring (bicyclic) bond motifs is 3. The van der Waals surface area contributed by atoms with Gasteiger partial charge in [-0.3, -0.25) is 0 Å². The van der Waals surface area contributed by atoms with Crippen LogP contribution in [-0.4, -0.2) is 46.4 Å². The summed E-state index contributed by atoms with van der Waals surface area (Å²) in [6.45, 7) is 4.90. The summed E-state index contributed by atoms with van der Waals surface area (Å²) in [6, 6.07) is 3.84. The van der Waals surface area contributed by atoms with Gasteiger partial charge in [-0.15, -0.1) is 0 Å². The zero-order valence-corrected chi connectivity index (χ0v) is 15.0. The Balaban J connectivity index is 1.74. The summed E-state index contributed by atoms with van der Waals surface area (Å²) in [6.07, 6.45) is 7.23. The van der Waals surface area contributed by atoms with Crippen molar-refractivity contribution in [2.75, 3.05) is 31.2 Å². The highest BCUT2D eigenvalue weighted by molar-refractivity contribution is 6.04. The molecule has 0 amide bonds. The SMILES string of the molecule is CC1C=CC(O)=CC1c1nc(N2CCOCC2)c2oc3ncccc3c2n1. The molecule has 2 atom stereocenters. The number of allylic oxidation sites excluding steroid dienone is 3. The first-order valence-electron chi connectivity index (χ1n) is 9.17. The van der Waals surface area contributed by atoms with Gasteiger partial charge in [0, 0.05) is 25.2 Å². The number of nitrogens with zero attached hydrogens (tertiary/aromatic N) is 4. The van der Waals surface area contributed by atoms with E-state index in [0.717, 1.165) is 29.8 Å². The number of aliphatic hydroxyl groups excluding tert-OH is 1. The van der Waals surface area contributed by atoms with E-state index in [1.165, 1.54) is 0 Å². The lowest BCUT2D eigenvalue weighted by Gasteiger charge is -2.28. The molecular weight excluding hydrogens is 344 g/mol. The van der Waals surface area contributed by atoms with Gasteiger partial charge in [-0.2, -0.15) is 0 Å². The van der Waals surface area contributed by atoms with Gasteiger partial charge in [0.2, 0.25) is 5.71 Å². The third kappa shape index (κ3) is 2.75. The third-order valence-corrected chi connectivity index (χ3v) is 5.19. The van der Waals surface area contributed by atoms with Crippen molar-refractivity contribution in [2.45, 2.75) is 12.8 Å². The maximum atomic E-state index is 9.99. The quantitative estimate of drug-likeness (QED) is 0.746. The molecule has 1 aliphatic heterocycles. The van der Waals surface area contributed by atoms with Crippen LogP contribution in [0.25, 0.3) is 22.2 Å². The average Bonchev–Trinajstić information content (AvgIpc) is 3.08. The van der Waals surface area contributed by atoms with Gasteiger partial charge in [-0.25, -0.2) is 15.0 Å². The lowest BCUT2D eigenvalue weighted by atomic mass is 9.88. The second kappa shape index (κ2) is 6.35. The normalized spacial score (nSPS) is 23.1. The van der Waals surface area contributed by atoms with Gasteiger partial charge in [0.15, 0.2) is 11.4 Å². The maximum absolute atomic E-state index is 9.99. The summed E-state index contributed by atoms with van der Waals surface area (Å²) < 4.78 is 11.5. The van der Waals surface area contributed by atoms with E-state index in [9.17, 15) is 5.11 Å². The average molecular weight is 364 g/mol. The lowest BCUT2D eigenvalue weighted by molar-refractivity contribution is 0.122. The molecule has 1 N–H and O–H groups in total. The minimum absolute atomic E-state index is 0.0965. The molecule has 4 heterocycles. The predicted molar refractivity (Wildman–Crippen MR) is 102 cm³/mol. The summed E-state index contributed by atoms with van der Waals surface area (Å²) >= 11 is 0. The van der Waals surface area contributed by atoms with Gasteiger partial charge in [0.25, 0.3) is 0 Å². The predicted octanol–water partition coefficient (Wildman–Crippen LogP) is 3.34. The molecule has 27 heavy (non-hydrogen) atoms. The molecule has 1 saturated heterocycles. The Morgan fingerprint density at radius 3 is 2.93 bits per heavy atom. The minimum atomic E-state index is -0.0965. The van der Waals surface area contributed by atoms with Gasteiger partial charge in [-0.05, 0) is 30.2 Å². The highest BCUT2D eigenvalue weighted by Gasteiger charge is 2.27. The first-order chi connectivity index (χ1) is 13.2. The number of pyridine rings is 1. The van der Waals surface area contributed by atoms with E-state index in [0.29, 0.717) is 30.3 Å². The van der Waals surface area contributed by atoms with Crippen molar-refractivity contribution in [2.24, 2.45) is 5.92 Å². The Labute approximate surface area is 156 Å². The Bertz CT molecular complexity index is 1070. The van der Waals surface area contributed by atoms with E-state index in [1.807, 2.05) is 24.3 Å². The number of aromatic nitrogens is 3. The van der Waals surface area contributed by atoms with Crippen LogP contribution in [0.1, 0.15) is 18.7 Å². The second-order valence-corrected chi connectivity index (χ2v) is 6.98. The van der Waals surface area contributed by atoms with E-state index in [4.69, 9.17) is 19.1 Å². The number of aliphatic hydroxyl groups is 1. The molecule has 3 aromatic heterocycles. The van der Waals surface area contributed by atoms with E-state index >= 15 is 0 Å². The van der Waals surface area contributed by atoms with Gasteiger partial charge in [0.1, 0.15) is 17.1 Å². The number of hydrogen-bond acceptors (Lipinski definition) is 7. The third-order valence-electron chi connectivity index (χ3n) is 5.19. The van der Waals surface area contributed by atoms with Gasteiger partial charge in [0.05, 0.1) is 18.6 Å². The van der Waals surface area contributed by atoms with Crippen LogP contribution in [0.5, 0.6) is 0 Å². The first kappa shape index (κ1) is 16.3. The number of hydrogen-bond donors (Lipinski definition) is 1. The zero-order valence-electron chi connectivity index (χ0n) is 15.0. The molecule has 7 nitrogen and oxygen atoms in total. The van der Waals surface area contributed by atoms with Crippen LogP contribution in [0.15, 0.2) is 46.7 Å². The molecule has 0 spiro atoms. The van der Waals surface area contributed by atoms with Crippen LogP contribution in [0.2, 0.25) is 0 Å². The smallest absolute Gasteiger partial charge is 0.229 e. The molecule has 0 aromatic carbocycles. The van der Waals surface area contributed by atoms with Gasteiger partial charge in [-0.1, -0.05) is 13.0 Å². The number of furan rings is 1. The molecule has 138 valence electrons. The topological polar surface area (TPSA) is 84.5 Å².